The van der Waals surface area contributed by atoms with Crippen molar-refractivity contribution in [3.63, 3.8) is 0 Å². The van der Waals surface area contributed by atoms with Crippen LogP contribution in [0.3, 0.4) is 0 Å². The van der Waals surface area contributed by atoms with Crippen molar-refractivity contribution in [2.75, 3.05) is 6.54 Å². The monoisotopic (exact) mass is 360 g/mol. The van der Waals surface area contributed by atoms with Gasteiger partial charge in [0, 0.05) is 10.0 Å². The third-order valence-electron chi connectivity index (χ3n) is 1.95. The first-order valence-electron chi connectivity index (χ1n) is 4.68. The maximum absolute atomic E-state index is 11.9. The van der Waals surface area contributed by atoms with E-state index in [4.69, 9.17) is 5.14 Å². The Hall–Kier alpha value is -1.13. The Morgan fingerprint density at radius 3 is 2.42 bits per heavy atom. The highest BCUT2D eigenvalue weighted by molar-refractivity contribution is 9.10. The van der Waals surface area contributed by atoms with Crippen molar-refractivity contribution in [2.24, 2.45) is 5.14 Å². The zero-order chi connectivity index (χ0) is 14.8. The molecular weight excluding hydrogens is 353 g/mol. The van der Waals surface area contributed by atoms with E-state index in [1.165, 1.54) is 12.1 Å². The Labute approximate surface area is 115 Å². The van der Waals surface area contributed by atoms with Crippen molar-refractivity contribution in [3.8, 4) is 0 Å². The predicted molar refractivity (Wildman–Crippen MR) is 63.9 cm³/mol. The van der Waals surface area contributed by atoms with E-state index in [0.717, 1.165) is 6.07 Å². The summed E-state index contributed by atoms with van der Waals surface area (Å²) in [5, 5.41) is 6.52. The van der Waals surface area contributed by atoms with E-state index in [-0.39, 0.29) is 14.9 Å². The molecule has 0 radical (unpaired) electrons. The number of nitrogens with one attached hydrogen (secondary N) is 1. The highest BCUT2D eigenvalue weighted by Crippen LogP contribution is 2.22. The van der Waals surface area contributed by atoms with E-state index in [1.54, 1.807) is 5.32 Å². The molecule has 0 fully saturated rings. The molecule has 0 aliphatic carbocycles. The molecule has 0 saturated heterocycles. The van der Waals surface area contributed by atoms with Crippen LogP contribution in [-0.4, -0.2) is 27.0 Å². The van der Waals surface area contributed by atoms with Gasteiger partial charge in [-0.2, -0.15) is 13.2 Å². The van der Waals surface area contributed by atoms with Crippen LogP contribution >= 0.6 is 15.9 Å². The van der Waals surface area contributed by atoms with Crippen molar-refractivity contribution >= 4 is 31.9 Å². The maximum Gasteiger partial charge on any atom is 0.405 e. The second-order valence-corrected chi connectivity index (χ2v) is 5.87. The topological polar surface area (TPSA) is 89.3 Å². The second-order valence-electron chi connectivity index (χ2n) is 3.49. The fraction of sp³-hybridized carbons (Fsp3) is 0.222. The SMILES string of the molecule is NS(=O)(=O)c1cc(C(=O)NCC(F)(F)F)ccc1Br. The first-order valence-corrected chi connectivity index (χ1v) is 7.02. The third-order valence-corrected chi connectivity index (χ3v) is 3.85. The molecule has 3 N–H and O–H groups in total. The number of hydrogen-bond donors (Lipinski definition) is 2. The summed E-state index contributed by atoms with van der Waals surface area (Å²) in [6.07, 6.45) is -4.55. The Kier molecular flexibility index (Phi) is 4.59. The van der Waals surface area contributed by atoms with Gasteiger partial charge in [-0.25, -0.2) is 13.6 Å². The molecule has 0 aliphatic rings. The summed E-state index contributed by atoms with van der Waals surface area (Å²) in [4.78, 5) is 11.0. The molecule has 0 aliphatic heterocycles. The average molecular weight is 361 g/mol. The number of carbonyl (C=O) groups is 1. The standard InChI is InChI=1S/C9H8BrF3N2O3S/c10-6-2-1-5(3-7(6)19(14,17)18)8(16)15-4-9(11,12)13/h1-3H,4H2,(H,15,16)(H2,14,17,18). The van der Waals surface area contributed by atoms with E-state index >= 15 is 0 Å². The van der Waals surface area contributed by atoms with Gasteiger partial charge in [-0.3, -0.25) is 4.79 Å². The molecule has 0 unspecified atom stereocenters. The normalized spacial score (nSPS) is 12.3. The molecule has 1 aromatic carbocycles. The van der Waals surface area contributed by atoms with Gasteiger partial charge in [0.2, 0.25) is 10.0 Å². The smallest absolute Gasteiger partial charge is 0.343 e. The fourth-order valence-electron chi connectivity index (χ4n) is 1.15. The molecule has 1 amide bonds. The fourth-order valence-corrected chi connectivity index (χ4v) is 2.70. The molecule has 1 rings (SSSR count). The van der Waals surface area contributed by atoms with E-state index in [0.29, 0.717) is 0 Å². The van der Waals surface area contributed by atoms with Crippen LogP contribution in [0.15, 0.2) is 27.6 Å². The molecule has 1 aromatic rings. The number of carbonyl (C=O) groups excluding carboxylic acids is 1. The lowest BCUT2D eigenvalue weighted by Crippen LogP contribution is -2.33. The summed E-state index contributed by atoms with van der Waals surface area (Å²) >= 11 is 2.92. The van der Waals surface area contributed by atoms with Crippen LogP contribution in [0, 0.1) is 0 Å². The number of alkyl halides is 3. The van der Waals surface area contributed by atoms with Crippen molar-refractivity contribution < 1.29 is 26.4 Å². The van der Waals surface area contributed by atoms with Gasteiger partial charge in [-0.1, -0.05) is 0 Å². The minimum Gasteiger partial charge on any atom is -0.343 e. The van der Waals surface area contributed by atoms with Crippen LogP contribution in [0.1, 0.15) is 10.4 Å². The largest absolute Gasteiger partial charge is 0.405 e. The van der Waals surface area contributed by atoms with Crippen LogP contribution in [-0.2, 0) is 10.0 Å². The molecule has 0 heterocycles. The lowest BCUT2D eigenvalue weighted by Gasteiger charge is -2.09. The van der Waals surface area contributed by atoms with Crippen molar-refractivity contribution in [2.45, 2.75) is 11.1 Å². The lowest BCUT2D eigenvalue weighted by atomic mass is 10.2. The van der Waals surface area contributed by atoms with Gasteiger partial charge in [0.15, 0.2) is 0 Å². The average Bonchev–Trinajstić information content (AvgIpc) is 2.24. The predicted octanol–water partition coefficient (Wildman–Crippen LogP) is 1.39. The molecular formula is C9H8BrF3N2O3S. The Bertz CT molecular complexity index is 601. The van der Waals surface area contributed by atoms with Gasteiger partial charge in [-0.15, -0.1) is 0 Å². The molecule has 0 saturated carbocycles. The molecule has 0 atom stereocenters. The van der Waals surface area contributed by atoms with E-state index in [9.17, 15) is 26.4 Å². The van der Waals surface area contributed by atoms with Gasteiger partial charge in [0.1, 0.15) is 6.54 Å². The maximum atomic E-state index is 11.9. The number of halogens is 4. The summed E-state index contributed by atoms with van der Waals surface area (Å²) in [6, 6.07) is 3.28. The van der Waals surface area contributed by atoms with Gasteiger partial charge in [0.25, 0.3) is 5.91 Å². The minimum atomic E-state index is -4.55. The second kappa shape index (κ2) is 5.47. The number of nitrogens with two attached hydrogens (primary N) is 1. The zero-order valence-corrected chi connectivity index (χ0v) is 11.6. The highest BCUT2D eigenvalue weighted by Gasteiger charge is 2.28. The number of benzene rings is 1. The number of hydrogen-bond acceptors (Lipinski definition) is 3. The molecule has 10 heteroatoms. The Balaban J connectivity index is 3.00. The Morgan fingerprint density at radius 2 is 1.95 bits per heavy atom. The molecule has 19 heavy (non-hydrogen) atoms. The van der Waals surface area contributed by atoms with Crippen molar-refractivity contribution in [3.05, 3.63) is 28.2 Å². The van der Waals surface area contributed by atoms with Crippen molar-refractivity contribution in [1.29, 1.82) is 0 Å². The van der Waals surface area contributed by atoms with Gasteiger partial charge in [-0.05, 0) is 34.1 Å². The van der Waals surface area contributed by atoms with Crippen LogP contribution < -0.4 is 10.5 Å². The van der Waals surface area contributed by atoms with Crippen LogP contribution in [0.2, 0.25) is 0 Å². The number of amides is 1. The van der Waals surface area contributed by atoms with E-state index < -0.39 is 28.7 Å². The Morgan fingerprint density at radius 1 is 1.37 bits per heavy atom. The van der Waals surface area contributed by atoms with Gasteiger partial charge in [0.05, 0.1) is 4.90 Å². The molecule has 106 valence electrons. The first kappa shape index (κ1) is 15.9. The van der Waals surface area contributed by atoms with E-state index in [1.807, 2.05) is 0 Å². The summed E-state index contributed by atoms with van der Waals surface area (Å²) in [5.41, 5.74) is -0.239. The molecule has 0 aromatic heterocycles. The number of primary sulfonamides is 1. The lowest BCUT2D eigenvalue weighted by molar-refractivity contribution is -0.123. The zero-order valence-electron chi connectivity index (χ0n) is 9.16. The summed E-state index contributed by atoms with van der Waals surface area (Å²) in [7, 11) is -4.08. The number of rotatable bonds is 3. The van der Waals surface area contributed by atoms with E-state index in [2.05, 4.69) is 15.9 Å². The summed E-state index contributed by atoms with van der Waals surface area (Å²) in [6.45, 7) is -1.51. The van der Waals surface area contributed by atoms with Crippen LogP contribution in [0.4, 0.5) is 13.2 Å². The highest BCUT2D eigenvalue weighted by atomic mass is 79.9. The third kappa shape index (κ3) is 4.80. The summed E-state index contributed by atoms with van der Waals surface area (Å²) in [5.74, 6) is -1.05. The first-order chi connectivity index (χ1) is 8.50. The van der Waals surface area contributed by atoms with Crippen LogP contribution in [0.25, 0.3) is 0 Å². The van der Waals surface area contributed by atoms with Crippen molar-refractivity contribution in [1.82, 2.24) is 5.32 Å². The minimum absolute atomic E-state index is 0.113. The van der Waals surface area contributed by atoms with Gasteiger partial charge < -0.3 is 5.32 Å². The quantitative estimate of drug-likeness (QED) is 0.853. The summed E-state index contributed by atoms with van der Waals surface area (Å²) < 4.78 is 58.3. The van der Waals surface area contributed by atoms with Gasteiger partial charge >= 0.3 is 6.18 Å². The molecule has 5 nitrogen and oxygen atoms in total. The molecule has 0 spiro atoms. The number of sulfonamides is 1. The van der Waals surface area contributed by atoms with Crippen LogP contribution in [0.5, 0.6) is 0 Å². The molecule has 0 bridgehead atoms.